The number of nitrogens with zero attached hydrogens (tertiary/aromatic N) is 1. The lowest BCUT2D eigenvalue weighted by Crippen LogP contribution is -2.45. The van der Waals surface area contributed by atoms with Gasteiger partial charge < -0.3 is 20.1 Å². The molecule has 2 saturated heterocycles. The van der Waals surface area contributed by atoms with Gasteiger partial charge in [0.25, 0.3) is 5.91 Å². The Kier molecular flexibility index (Phi) is 6.26. The Labute approximate surface area is 121 Å². The zero-order valence-corrected chi connectivity index (χ0v) is 12.6. The number of carbonyl (C=O) groups is 1. The summed E-state index contributed by atoms with van der Waals surface area (Å²) < 4.78 is 11.5. The van der Waals surface area contributed by atoms with E-state index in [1.54, 1.807) is 0 Å². The quantitative estimate of drug-likeness (QED) is 0.798. The third-order valence-electron chi connectivity index (χ3n) is 4.15. The molecule has 2 heterocycles. The summed E-state index contributed by atoms with van der Waals surface area (Å²) in [6.07, 6.45) is 6.02. The first kappa shape index (κ1) is 15.7. The molecular weight excluding hydrogens is 256 g/mol. The van der Waals surface area contributed by atoms with Crippen molar-refractivity contribution in [1.82, 2.24) is 4.90 Å². The lowest BCUT2D eigenvalue weighted by atomic mass is 10.1. The van der Waals surface area contributed by atoms with E-state index in [0.717, 1.165) is 45.3 Å². The second-order valence-corrected chi connectivity index (χ2v) is 5.83. The van der Waals surface area contributed by atoms with Crippen LogP contribution in [0.2, 0.25) is 0 Å². The molecule has 0 aliphatic carbocycles. The minimum Gasteiger partial charge on any atom is -0.376 e. The van der Waals surface area contributed by atoms with Crippen LogP contribution in [-0.2, 0) is 14.3 Å². The predicted molar refractivity (Wildman–Crippen MR) is 77.4 cm³/mol. The van der Waals surface area contributed by atoms with Gasteiger partial charge in [-0.2, -0.15) is 0 Å². The number of nitrogens with two attached hydrogens (primary N) is 1. The van der Waals surface area contributed by atoms with E-state index in [1.165, 1.54) is 6.42 Å². The van der Waals surface area contributed by atoms with Gasteiger partial charge in [0.2, 0.25) is 0 Å². The van der Waals surface area contributed by atoms with Crippen molar-refractivity contribution in [2.75, 3.05) is 26.2 Å². The number of hydrogen-bond donors (Lipinski definition) is 1. The molecule has 5 heteroatoms. The normalized spacial score (nSPS) is 30.4. The van der Waals surface area contributed by atoms with Crippen molar-refractivity contribution in [3.63, 3.8) is 0 Å². The van der Waals surface area contributed by atoms with Crippen LogP contribution in [-0.4, -0.2) is 55.4 Å². The summed E-state index contributed by atoms with van der Waals surface area (Å²) in [6.45, 7) is 4.92. The number of hydrogen-bond acceptors (Lipinski definition) is 4. The van der Waals surface area contributed by atoms with E-state index in [9.17, 15) is 4.79 Å². The van der Waals surface area contributed by atoms with E-state index in [0.29, 0.717) is 13.1 Å². The highest BCUT2D eigenvalue weighted by molar-refractivity contribution is 5.81. The molecule has 2 fully saturated rings. The average molecular weight is 284 g/mol. The third-order valence-corrected chi connectivity index (χ3v) is 4.15. The van der Waals surface area contributed by atoms with E-state index in [2.05, 4.69) is 6.92 Å². The van der Waals surface area contributed by atoms with Gasteiger partial charge in [-0.05, 0) is 38.5 Å². The van der Waals surface area contributed by atoms with Crippen LogP contribution in [0, 0.1) is 0 Å². The van der Waals surface area contributed by atoms with Crippen LogP contribution in [0.3, 0.4) is 0 Å². The third kappa shape index (κ3) is 4.17. The van der Waals surface area contributed by atoms with Gasteiger partial charge in [-0.15, -0.1) is 0 Å². The Morgan fingerprint density at radius 2 is 2.10 bits per heavy atom. The first-order valence-corrected chi connectivity index (χ1v) is 8.00. The van der Waals surface area contributed by atoms with Crippen molar-refractivity contribution >= 4 is 5.91 Å². The first-order valence-electron chi connectivity index (χ1n) is 8.00. The number of carbonyl (C=O) groups excluding carboxylic acids is 1. The lowest BCUT2D eigenvalue weighted by molar-refractivity contribution is -0.145. The second-order valence-electron chi connectivity index (χ2n) is 5.83. The number of rotatable bonds is 6. The van der Waals surface area contributed by atoms with Crippen molar-refractivity contribution < 1.29 is 14.3 Å². The Morgan fingerprint density at radius 3 is 2.70 bits per heavy atom. The molecule has 2 aliphatic rings. The highest BCUT2D eigenvalue weighted by atomic mass is 16.5. The topological polar surface area (TPSA) is 64.8 Å². The first-order chi connectivity index (χ1) is 9.74. The van der Waals surface area contributed by atoms with Crippen LogP contribution in [0.5, 0.6) is 0 Å². The van der Waals surface area contributed by atoms with Gasteiger partial charge in [-0.25, -0.2) is 0 Å². The van der Waals surface area contributed by atoms with Crippen molar-refractivity contribution in [3.8, 4) is 0 Å². The largest absolute Gasteiger partial charge is 0.376 e. The SMILES string of the molecule is CCCN(CC1CCCCO1)C(=O)[C@@H]1CC[C@H](CN)O1. The summed E-state index contributed by atoms with van der Waals surface area (Å²) in [4.78, 5) is 14.5. The van der Waals surface area contributed by atoms with Crippen LogP contribution in [0.4, 0.5) is 0 Å². The van der Waals surface area contributed by atoms with Gasteiger partial charge >= 0.3 is 0 Å². The smallest absolute Gasteiger partial charge is 0.251 e. The Morgan fingerprint density at radius 1 is 1.25 bits per heavy atom. The standard InChI is InChI=1S/C15H28N2O3/c1-2-8-17(11-13-5-3-4-9-19-13)15(18)14-7-6-12(10-16)20-14/h12-14H,2-11,16H2,1H3/t12-,13?,14+/m1/s1. The molecule has 116 valence electrons. The maximum Gasteiger partial charge on any atom is 0.251 e. The van der Waals surface area contributed by atoms with Gasteiger partial charge in [0, 0.05) is 26.2 Å². The molecule has 1 amide bonds. The van der Waals surface area contributed by atoms with E-state index < -0.39 is 0 Å². The summed E-state index contributed by atoms with van der Waals surface area (Å²) in [5.74, 6) is 0.122. The van der Waals surface area contributed by atoms with Gasteiger partial charge in [0.05, 0.1) is 12.2 Å². The monoisotopic (exact) mass is 284 g/mol. The van der Waals surface area contributed by atoms with Gasteiger partial charge in [0.15, 0.2) is 0 Å². The minimum atomic E-state index is -0.293. The molecular formula is C15H28N2O3. The molecule has 0 aromatic rings. The maximum absolute atomic E-state index is 12.6. The lowest BCUT2D eigenvalue weighted by Gasteiger charge is -2.31. The van der Waals surface area contributed by atoms with Crippen molar-refractivity contribution in [3.05, 3.63) is 0 Å². The van der Waals surface area contributed by atoms with Gasteiger partial charge in [-0.1, -0.05) is 6.92 Å². The molecule has 20 heavy (non-hydrogen) atoms. The molecule has 0 saturated carbocycles. The molecule has 0 aromatic carbocycles. The number of amides is 1. The van der Waals surface area contributed by atoms with Crippen molar-refractivity contribution in [2.45, 2.75) is 63.8 Å². The summed E-state index contributed by atoms with van der Waals surface area (Å²) in [5, 5.41) is 0. The van der Waals surface area contributed by atoms with Crippen LogP contribution in [0.1, 0.15) is 45.4 Å². The highest BCUT2D eigenvalue weighted by Crippen LogP contribution is 2.22. The van der Waals surface area contributed by atoms with Gasteiger partial charge in [-0.3, -0.25) is 4.79 Å². The van der Waals surface area contributed by atoms with E-state index in [1.807, 2.05) is 4.90 Å². The maximum atomic E-state index is 12.6. The molecule has 5 nitrogen and oxygen atoms in total. The van der Waals surface area contributed by atoms with Crippen LogP contribution in [0.15, 0.2) is 0 Å². The van der Waals surface area contributed by atoms with Crippen LogP contribution in [0.25, 0.3) is 0 Å². The molecule has 0 radical (unpaired) electrons. The highest BCUT2D eigenvalue weighted by Gasteiger charge is 2.33. The molecule has 3 atom stereocenters. The van der Waals surface area contributed by atoms with Crippen LogP contribution < -0.4 is 5.73 Å². The Bertz CT molecular complexity index is 305. The summed E-state index contributed by atoms with van der Waals surface area (Å²) in [7, 11) is 0. The molecule has 2 N–H and O–H groups in total. The summed E-state index contributed by atoms with van der Waals surface area (Å²) >= 11 is 0. The zero-order chi connectivity index (χ0) is 14.4. The van der Waals surface area contributed by atoms with Gasteiger partial charge in [0.1, 0.15) is 6.10 Å². The van der Waals surface area contributed by atoms with E-state index >= 15 is 0 Å². The van der Waals surface area contributed by atoms with Crippen molar-refractivity contribution in [1.29, 1.82) is 0 Å². The molecule has 2 rings (SSSR count). The fraction of sp³-hybridized carbons (Fsp3) is 0.933. The van der Waals surface area contributed by atoms with Crippen LogP contribution >= 0.6 is 0 Å². The Hall–Kier alpha value is -0.650. The average Bonchev–Trinajstić information content (AvgIpc) is 2.96. The number of ether oxygens (including phenoxy) is 2. The minimum absolute atomic E-state index is 0.0540. The molecule has 0 bridgehead atoms. The van der Waals surface area contributed by atoms with Crippen molar-refractivity contribution in [2.24, 2.45) is 5.73 Å². The molecule has 0 spiro atoms. The van der Waals surface area contributed by atoms with E-state index in [4.69, 9.17) is 15.2 Å². The fourth-order valence-corrected chi connectivity index (χ4v) is 3.02. The summed E-state index contributed by atoms with van der Waals surface area (Å²) in [6, 6.07) is 0. The predicted octanol–water partition coefficient (Wildman–Crippen LogP) is 1.30. The molecule has 2 aliphatic heterocycles. The molecule has 0 aromatic heterocycles. The zero-order valence-electron chi connectivity index (χ0n) is 12.6. The van der Waals surface area contributed by atoms with E-state index in [-0.39, 0.29) is 24.2 Å². The summed E-state index contributed by atoms with van der Waals surface area (Å²) in [5.41, 5.74) is 5.61. The fourth-order valence-electron chi connectivity index (χ4n) is 3.02. The molecule has 1 unspecified atom stereocenters. The second kappa shape index (κ2) is 7.96. The Balaban J connectivity index is 1.87.